The molecule has 3 nitrogen and oxygen atoms in total. The zero-order valence-electron chi connectivity index (χ0n) is 11.0. The molecular weight excluding hydrogens is 210 g/mol. The van der Waals surface area contributed by atoms with Gasteiger partial charge >= 0.3 is 0 Å². The molecule has 0 aromatic heterocycles. The maximum atomic E-state index is 8.83. The topological polar surface area (TPSA) is 53.1 Å². The van der Waals surface area contributed by atoms with Crippen LogP contribution in [0.15, 0.2) is 0 Å². The summed E-state index contributed by atoms with van der Waals surface area (Å²) < 4.78 is 0. The van der Waals surface area contributed by atoms with Crippen molar-refractivity contribution in [3.8, 4) is 6.07 Å². The van der Waals surface area contributed by atoms with E-state index in [9.17, 15) is 0 Å². The van der Waals surface area contributed by atoms with E-state index < -0.39 is 5.54 Å². The van der Waals surface area contributed by atoms with Crippen molar-refractivity contribution in [1.29, 1.82) is 5.26 Å². The molecule has 1 saturated carbocycles. The Balaban J connectivity index is 1.59. The second-order valence-corrected chi connectivity index (χ2v) is 6.20. The molecule has 0 aromatic carbocycles. The van der Waals surface area contributed by atoms with E-state index >= 15 is 0 Å². The molecule has 17 heavy (non-hydrogen) atoms. The van der Waals surface area contributed by atoms with Gasteiger partial charge < -0.3 is 10.6 Å². The largest absolute Gasteiger partial charge is 0.314 e. The number of rotatable bonds is 5. The normalized spacial score (nSPS) is 32.1. The van der Waals surface area contributed by atoms with E-state index in [0.29, 0.717) is 0 Å². The molecule has 3 unspecified atom stereocenters. The highest BCUT2D eigenvalue weighted by atomic mass is 15.2. The van der Waals surface area contributed by atoms with Crippen LogP contribution in [-0.4, -0.2) is 30.1 Å². The SMILES string of the molecule is CC(N)(C#N)CCCCN1CC2CCCC2C1. The molecule has 0 amide bonds. The summed E-state index contributed by atoms with van der Waals surface area (Å²) in [5.74, 6) is 1.99. The van der Waals surface area contributed by atoms with Crippen LogP contribution in [0.4, 0.5) is 0 Å². The van der Waals surface area contributed by atoms with E-state index in [-0.39, 0.29) is 0 Å². The summed E-state index contributed by atoms with van der Waals surface area (Å²) in [7, 11) is 0. The van der Waals surface area contributed by atoms with Crippen molar-refractivity contribution in [3.05, 3.63) is 0 Å². The first kappa shape index (κ1) is 12.9. The van der Waals surface area contributed by atoms with Crippen LogP contribution in [0, 0.1) is 23.2 Å². The van der Waals surface area contributed by atoms with Gasteiger partial charge in [-0.1, -0.05) is 6.42 Å². The third kappa shape index (κ3) is 3.43. The van der Waals surface area contributed by atoms with Gasteiger partial charge in [-0.3, -0.25) is 0 Å². The number of nitriles is 1. The highest BCUT2D eigenvalue weighted by Gasteiger charge is 2.35. The minimum Gasteiger partial charge on any atom is -0.314 e. The summed E-state index contributed by atoms with van der Waals surface area (Å²) in [6.07, 6.45) is 7.45. The maximum Gasteiger partial charge on any atom is 0.101 e. The summed E-state index contributed by atoms with van der Waals surface area (Å²) in [6.45, 7) is 5.67. The van der Waals surface area contributed by atoms with Crippen molar-refractivity contribution < 1.29 is 0 Å². The van der Waals surface area contributed by atoms with Gasteiger partial charge in [0.05, 0.1) is 6.07 Å². The Labute approximate surface area is 105 Å². The van der Waals surface area contributed by atoms with Gasteiger partial charge in [-0.05, 0) is 57.4 Å². The lowest BCUT2D eigenvalue weighted by atomic mass is 9.98. The lowest BCUT2D eigenvalue weighted by molar-refractivity contribution is 0.299. The summed E-state index contributed by atoms with van der Waals surface area (Å²) in [6, 6.07) is 2.17. The van der Waals surface area contributed by atoms with Gasteiger partial charge in [0, 0.05) is 13.1 Å². The van der Waals surface area contributed by atoms with E-state index in [2.05, 4.69) is 11.0 Å². The minimum atomic E-state index is -0.623. The molecule has 0 spiro atoms. The van der Waals surface area contributed by atoms with Crippen LogP contribution in [0.3, 0.4) is 0 Å². The molecule has 3 atom stereocenters. The molecule has 0 bridgehead atoms. The lowest BCUT2D eigenvalue weighted by Crippen LogP contribution is -2.34. The Morgan fingerprint density at radius 1 is 1.29 bits per heavy atom. The molecule has 2 aliphatic rings. The molecule has 0 aromatic rings. The maximum absolute atomic E-state index is 8.83. The lowest BCUT2D eigenvalue weighted by Gasteiger charge is -2.18. The van der Waals surface area contributed by atoms with Crippen molar-refractivity contribution in [2.24, 2.45) is 17.6 Å². The van der Waals surface area contributed by atoms with Crippen LogP contribution >= 0.6 is 0 Å². The molecule has 3 heteroatoms. The third-order valence-electron chi connectivity index (χ3n) is 4.48. The zero-order valence-corrected chi connectivity index (χ0v) is 11.0. The highest BCUT2D eigenvalue weighted by Crippen LogP contribution is 2.37. The monoisotopic (exact) mass is 235 g/mol. The predicted molar refractivity (Wildman–Crippen MR) is 69.3 cm³/mol. The first-order chi connectivity index (χ1) is 8.11. The Kier molecular flexibility index (Phi) is 4.06. The summed E-state index contributed by atoms with van der Waals surface area (Å²) in [5.41, 5.74) is 5.19. The summed E-state index contributed by atoms with van der Waals surface area (Å²) in [5, 5.41) is 8.83. The van der Waals surface area contributed by atoms with E-state index in [0.717, 1.165) is 24.7 Å². The number of unbranched alkanes of at least 4 members (excludes halogenated alkanes) is 1. The van der Waals surface area contributed by atoms with E-state index in [1.807, 2.05) is 6.92 Å². The summed E-state index contributed by atoms with van der Waals surface area (Å²) in [4.78, 5) is 2.62. The van der Waals surface area contributed by atoms with Crippen molar-refractivity contribution in [3.63, 3.8) is 0 Å². The van der Waals surface area contributed by atoms with Crippen LogP contribution in [0.2, 0.25) is 0 Å². The Hall–Kier alpha value is -0.590. The number of hydrogen-bond donors (Lipinski definition) is 1. The number of fused-ring (bicyclic) bond motifs is 1. The van der Waals surface area contributed by atoms with Gasteiger partial charge in [0.2, 0.25) is 0 Å². The van der Waals surface area contributed by atoms with Crippen molar-refractivity contribution >= 4 is 0 Å². The molecule has 2 fully saturated rings. The van der Waals surface area contributed by atoms with Gasteiger partial charge in [0.25, 0.3) is 0 Å². The fourth-order valence-electron chi connectivity index (χ4n) is 3.40. The molecule has 96 valence electrons. The van der Waals surface area contributed by atoms with Crippen LogP contribution in [0.5, 0.6) is 0 Å². The van der Waals surface area contributed by atoms with Crippen LogP contribution in [-0.2, 0) is 0 Å². The molecule has 1 aliphatic carbocycles. The fraction of sp³-hybridized carbons (Fsp3) is 0.929. The van der Waals surface area contributed by atoms with Crippen LogP contribution in [0.25, 0.3) is 0 Å². The Morgan fingerprint density at radius 2 is 1.94 bits per heavy atom. The minimum absolute atomic E-state index is 0.623. The van der Waals surface area contributed by atoms with Gasteiger partial charge in [-0.15, -0.1) is 0 Å². The van der Waals surface area contributed by atoms with Crippen molar-refractivity contribution in [2.45, 2.75) is 51.0 Å². The quantitative estimate of drug-likeness (QED) is 0.743. The second-order valence-electron chi connectivity index (χ2n) is 6.20. The van der Waals surface area contributed by atoms with Gasteiger partial charge in [0.1, 0.15) is 5.54 Å². The van der Waals surface area contributed by atoms with Crippen molar-refractivity contribution in [2.75, 3.05) is 19.6 Å². The zero-order chi connectivity index (χ0) is 12.3. The molecule has 2 N–H and O–H groups in total. The highest BCUT2D eigenvalue weighted by molar-refractivity contribution is 5.00. The van der Waals surface area contributed by atoms with Crippen LogP contribution in [0.1, 0.15) is 45.4 Å². The van der Waals surface area contributed by atoms with E-state index in [1.165, 1.54) is 45.3 Å². The Bertz CT molecular complexity index is 280. The van der Waals surface area contributed by atoms with E-state index in [1.54, 1.807) is 0 Å². The van der Waals surface area contributed by atoms with Crippen LogP contribution < -0.4 is 5.73 Å². The number of nitrogens with two attached hydrogens (primary N) is 1. The fourth-order valence-corrected chi connectivity index (χ4v) is 3.40. The molecular formula is C14H25N3. The second kappa shape index (κ2) is 5.37. The summed E-state index contributed by atoms with van der Waals surface area (Å²) >= 11 is 0. The Morgan fingerprint density at radius 3 is 2.53 bits per heavy atom. The number of hydrogen-bond acceptors (Lipinski definition) is 3. The first-order valence-corrected chi connectivity index (χ1v) is 7.03. The van der Waals surface area contributed by atoms with Gasteiger partial charge in [-0.25, -0.2) is 0 Å². The third-order valence-corrected chi connectivity index (χ3v) is 4.48. The van der Waals surface area contributed by atoms with Crippen molar-refractivity contribution in [1.82, 2.24) is 4.90 Å². The molecule has 1 aliphatic heterocycles. The van der Waals surface area contributed by atoms with Gasteiger partial charge in [-0.2, -0.15) is 5.26 Å². The van der Waals surface area contributed by atoms with Gasteiger partial charge in [0.15, 0.2) is 0 Å². The number of likely N-dealkylation sites (tertiary alicyclic amines) is 1. The molecule has 0 radical (unpaired) electrons. The average molecular weight is 235 g/mol. The molecule has 2 rings (SSSR count). The molecule has 1 heterocycles. The molecule has 1 saturated heterocycles. The van der Waals surface area contributed by atoms with E-state index in [4.69, 9.17) is 11.0 Å². The number of nitrogens with zero attached hydrogens (tertiary/aromatic N) is 2. The average Bonchev–Trinajstić information content (AvgIpc) is 2.84. The predicted octanol–water partition coefficient (Wildman–Crippen LogP) is 2.13. The smallest absolute Gasteiger partial charge is 0.101 e. The standard InChI is InChI=1S/C14H25N3/c1-14(16,11-15)7-2-3-8-17-9-12-5-4-6-13(12)10-17/h12-13H,2-10,16H2,1H3. The first-order valence-electron chi connectivity index (χ1n) is 7.03.